The van der Waals surface area contributed by atoms with Gasteiger partial charge in [-0.1, -0.05) is 13.5 Å². The number of nitrogens with zero attached hydrogens (tertiary/aromatic N) is 1. The fourth-order valence-corrected chi connectivity index (χ4v) is 1.84. The summed E-state index contributed by atoms with van der Waals surface area (Å²) in [6.45, 7) is 9.05. The maximum absolute atomic E-state index is 4.20. The molecule has 0 spiro atoms. The van der Waals surface area contributed by atoms with Crippen LogP contribution in [0, 0.1) is 5.41 Å². The van der Waals surface area contributed by atoms with Gasteiger partial charge in [-0.3, -0.25) is 0 Å². The Morgan fingerprint density at radius 2 is 1.82 bits per heavy atom. The van der Waals surface area contributed by atoms with E-state index in [0.29, 0.717) is 5.41 Å². The summed E-state index contributed by atoms with van der Waals surface area (Å²) >= 11 is 0. The van der Waals surface area contributed by atoms with Crippen molar-refractivity contribution >= 4 is 0 Å². The first kappa shape index (κ1) is 7.20. The molecule has 1 heterocycles. The third-order valence-electron chi connectivity index (χ3n) is 3.18. The molecule has 0 aromatic carbocycles. The number of likely N-dealkylation sites (tertiary alicyclic amines) is 1. The second kappa shape index (κ2) is 2.26. The zero-order valence-electron chi connectivity index (χ0n) is 7.40. The van der Waals surface area contributed by atoms with Crippen molar-refractivity contribution in [3.8, 4) is 0 Å². The van der Waals surface area contributed by atoms with Crippen LogP contribution in [0.25, 0.3) is 0 Å². The van der Waals surface area contributed by atoms with E-state index in [1.807, 2.05) is 0 Å². The van der Waals surface area contributed by atoms with Crippen molar-refractivity contribution in [2.75, 3.05) is 13.1 Å². The van der Waals surface area contributed by atoms with E-state index in [9.17, 15) is 0 Å². The molecular formula is C10H17N. The van der Waals surface area contributed by atoms with E-state index in [1.165, 1.54) is 44.5 Å². The lowest BCUT2D eigenvalue weighted by Gasteiger charge is -2.25. The number of hydrogen-bond donors (Lipinski definition) is 0. The summed E-state index contributed by atoms with van der Waals surface area (Å²) in [6.07, 6.45) is 5.47. The predicted octanol–water partition coefficient (Wildman–Crippen LogP) is 2.40. The lowest BCUT2D eigenvalue weighted by molar-refractivity contribution is 0.364. The molecule has 11 heavy (non-hydrogen) atoms. The van der Waals surface area contributed by atoms with Crippen LogP contribution in [-0.2, 0) is 0 Å². The number of allylic oxidation sites excluding steroid dienone is 1. The molecule has 1 saturated carbocycles. The van der Waals surface area contributed by atoms with Crippen molar-refractivity contribution in [3.63, 3.8) is 0 Å². The standard InChI is InChI=1S/C10H17N/c1-9(10(2)5-6-10)11-7-3-4-8-11/h1,3-8H2,2H3. The topological polar surface area (TPSA) is 3.24 Å². The molecule has 0 aromatic heterocycles. The van der Waals surface area contributed by atoms with Crippen LogP contribution in [0.4, 0.5) is 0 Å². The zero-order valence-corrected chi connectivity index (χ0v) is 7.40. The van der Waals surface area contributed by atoms with Gasteiger partial charge in [0.05, 0.1) is 0 Å². The van der Waals surface area contributed by atoms with E-state index in [2.05, 4.69) is 18.4 Å². The van der Waals surface area contributed by atoms with Gasteiger partial charge in [0.1, 0.15) is 0 Å². The SMILES string of the molecule is C=C(N1CCCC1)C1(C)CC1. The van der Waals surface area contributed by atoms with E-state index in [4.69, 9.17) is 0 Å². The average Bonchev–Trinajstić information content (AvgIpc) is 2.54. The fraction of sp³-hybridized carbons (Fsp3) is 0.800. The minimum absolute atomic E-state index is 0.504. The van der Waals surface area contributed by atoms with Crippen molar-refractivity contribution in [1.29, 1.82) is 0 Å². The summed E-state index contributed by atoms with van der Waals surface area (Å²) in [5.74, 6) is 0. The van der Waals surface area contributed by atoms with E-state index < -0.39 is 0 Å². The third kappa shape index (κ3) is 1.17. The van der Waals surface area contributed by atoms with Gasteiger partial charge in [0, 0.05) is 24.2 Å². The van der Waals surface area contributed by atoms with Crippen molar-refractivity contribution in [1.82, 2.24) is 4.90 Å². The van der Waals surface area contributed by atoms with Crippen molar-refractivity contribution in [2.45, 2.75) is 32.6 Å². The quantitative estimate of drug-likeness (QED) is 0.585. The molecule has 2 aliphatic rings. The van der Waals surface area contributed by atoms with Gasteiger partial charge in [-0.25, -0.2) is 0 Å². The molecule has 0 bridgehead atoms. The fourth-order valence-electron chi connectivity index (χ4n) is 1.84. The highest BCUT2D eigenvalue weighted by Gasteiger charge is 2.42. The van der Waals surface area contributed by atoms with Crippen LogP contribution in [0.3, 0.4) is 0 Å². The molecule has 0 aromatic rings. The lowest BCUT2D eigenvalue weighted by Crippen LogP contribution is -2.22. The Kier molecular flexibility index (Phi) is 1.48. The minimum atomic E-state index is 0.504. The Balaban J connectivity index is 1.98. The Morgan fingerprint density at radius 1 is 1.27 bits per heavy atom. The minimum Gasteiger partial charge on any atom is -0.375 e. The summed E-state index contributed by atoms with van der Waals surface area (Å²) in [5, 5.41) is 0. The Morgan fingerprint density at radius 3 is 2.27 bits per heavy atom. The van der Waals surface area contributed by atoms with Gasteiger partial charge in [0.2, 0.25) is 0 Å². The largest absolute Gasteiger partial charge is 0.375 e. The van der Waals surface area contributed by atoms with Gasteiger partial charge in [0.25, 0.3) is 0 Å². The molecule has 2 rings (SSSR count). The van der Waals surface area contributed by atoms with Gasteiger partial charge in [-0.15, -0.1) is 0 Å². The van der Waals surface area contributed by atoms with Crippen LogP contribution < -0.4 is 0 Å². The summed E-state index contributed by atoms with van der Waals surface area (Å²) in [5.41, 5.74) is 1.92. The highest BCUT2D eigenvalue weighted by atomic mass is 15.2. The monoisotopic (exact) mass is 151 g/mol. The molecule has 1 aliphatic heterocycles. The molecule has 62 valence electrons. The third-order valence-corrected chi connectivity index (χ3v) is 3.18. The number of hydrogen-bond acceptors (Lipinski definition) is 1. The average molecular weight is 151 g/mol. The molecule has 1 saturated heterocycles. The molecule has 0 unspecified atom stereocenters. The van der Waals surface area contributed by atoms with Crippen LogP contribution >= 0.6 is 0 Å². The van der Waals surface area contributed by atoms with E-state index in [1.54, 1.807) is 0 Å². The van der Waals surface area contributed by atoms with E-state index in [-0.39, 0.29) is 0 Å². The second-order valence-corrected chi connectivity index (χ2v) is 4.20. The Hall–Kier alpha value is -0.460. The maximum atomic E-state index is 4.20. The van der Waals surface area contributed by atoms with E-state index in [0.717, 1.165) is 0 Å². The molecule has 1 heteroatoms. The Bertz CT molecular complexity index is 173. The van der Waals surface area contributed by atoms with Crippen molar-refractivity contribution < 1.29 is 0 Å². The van der Waals surface area contributed by atoms with Gasteiger partial charge in [-0.2, -0.15) is 0 Å². The molecular weight excluding hydrogens is 134 g/mol. The highest BCUT2D eigenvalue weighted by Crippen LogP contribution is 2.52. The summed E-state index contributed by atoms with van der Waals surface area (Å²) in [6, 6.07) is 0. The molecule has 0 radical (unpaired) electrons. The summed E-state index contributed by atoms with van der Waals surface area (Å²) < 4.78 is 0. The number of rotatable bonds is 2. The molecule has 1 nitrogen and oxygen atoms in total. The first-order valence-corrected chi connectivity index (χ1v) is 4.67. The molecule has 0 N–H and O–H groups in total. The van der Waals surface area contributed by atoms with Crippen LogP contribution in [0.15, 0.2) is 12.3 Å². The molecule has 0 amide bonds. The van der Waals surface area contributed by atoms with Gasteiger partial charge < -0.3 is 4.90 Å². The van der Waals surface area contributed by atoms with Crippen LogP contribution in [0.2, 0.25) is 0 Å². The van der Waals surface area contributed by atoms with Crippen LogP contribution in [-0.4, -0.2) is 18.0 Å². The zero-order chi connectivity index (χ0) is 7.90. The van der Waals surface area contributed by atoms with Crippen molar-refractivity contribution in [2.24, 2.45) is 5.41 Å². The predicted molar refractivity (Wildman–Crippen MR) is 47.3 cm³/mol. The second-order valence-electron chi connectivity index (χ2n) is 4.20. The van der Waals surface area contributed by atoms with Gasteiger partial charge >= 0.3 is 0 Å². The van der Waals surface area contributed by atoms with E-state index >= 15 is 0 Å². The normalized spacial score (nSPS) is 27.2. The highest BCUT2D eigenvalue weighted by molar-refractivity contribution is 5.16. The van der Waals surface area contributed by atoms with Gasteiger partial charge in [0.15, 0.2) is 0 Å². The molecule has 1 aliphatic carbocycles. The molecule has 2 fully saturated rings. The van der Waals surface area contributed by atoms with Crippen LogP contribution in [0.1, 0.15) is 32.6 Å². The van der Waals surface area contributed by atoms with Gasteiger partial charge in [-0.05, 0) is 25.7 Å². The maximum Gasteiger partial charge on any atom is 0.0175 e. The lowest BCUT2D eigenvalue weighted by atomic mass is 10.1. The smallest absolute Gasteiger partial charge is 0.0175 e. The summed E-state index contributed by atoms with van der Waals surface area (Å²) in [4.78, 5) is 2.48. The first-order chi connectivity index (χ1) is 5.22. The summed E-state index contributed by atoms with van der Waals surface area (Å²) in [7, 11) is 0. The Labute approximate surface area is 69.1 Å². The first-order valence-electron chi connectivity index (χ1n) is 4.67. The van der Waals surface area contributed by atoms with Crippen LogP contribution in [0.5, 0.6) is 0 Å². The molecule has 0 atom stereocenters. The van der Waals surface area contributed by atoms with Crippen molar-refractivity contribution in [3.05, 3.63) is 12.3 Å².